The molecule has 1 radical (unpaired) electrons. The minimum absolute atomic E-state index is 0. The van der Waals surface area contributed by atoms with Crippen molar-refractivity contribution in [2.24, 2.45) is 10.8 Å². The summed E-state index contributed by atoms with van der Waals surface area (Å²) in [7, 11) is 0. The van der Waals surface area contributed by atoms with Crippen molar-refractivity contribution in [2.75, 3.05) is 0 Å². The van der Waals surface area contributed by atoms with Crippen LogP contribution < -0.4 is 0 Å². The van der Waals surface area contributed by atoms with E-state index in [-0.39, 0.29) is 37.1 Å². The summed E-state index contributed by atoms with van der Waals surface area (Å²) in [5, 5.41) is 12.0. The van der Waals surface area contributed by atoms with Crippen molar-refractivity contribution in [2.45, 2.75) is 62.3 Å². The number of aliphatic hydroxyl groups is 1. The van der Waals surface area contributed by atoms with Crippen LogP contribution in [0, 0.1) is 37.7 Å². The Labute approximate surface area is 212 Å². The number of fused-ring (bicyclic) bond motifs is 1. The first-order chi connectivity index (χ1) is 14.7. The third-order valence-electron chi connectivity index (χ3n) is 5.36. The number of rotatable bonds is 2. The monoisotopic (exact) mass is 623 g/mol. The molecule has 0 amide bonds. The van der Waals surface area contributed by atoms with Crippen LogP contribution >= 0.6 is 0 Å². The standard InChI is InChI=1S/C18H16N.C11H20O2.Ir/c1-12-8-9-13(2)17(10-12)18-14(3)16-7-5-4-6-15(16)11-19-18;1-10(2,3)8(12)7-9(13)11(4,5)6;/h4-9,11H,1-3H3;7,12H,1-6H3;/q-1;;/b;8-7-;. The van der Waals surface area contributed by atoms with Crippen LogP contribution in [0.4, 0.5) is 0 Å². The van der Waals surface area contributed by atoms with Gasteiger partial charge in [0.2, 0.25) is 0 Å². The van der Waals surface area contributed by atoms with E-state index in [1.807, 2.05) is 53.8 Å². The maximum absolute atomic E-state index is 11.5. The van der Waals surface area contributed by atoms with Crippen LogP contribution in [0.25, 0.3) is 22.0 Å². The second-order valence-corrected chi connectivity index (χ2v) is 10.4. The van der Waals surface area contributed by atoms with Gasteiger partial charge in [-0.1, -0.05) is 85.2 Å². The number of ketones is 1. The molecule has 2 aromatic carbocycles. The molecule has 0 atom stereocenters. The van der Waals surface area contributed by atoms with Crippen LogP contribution in [-0.2, 0) is 24.9 Å². The van der Waals surface area contributed by atoms with E-state index in [1.54, 1.807) is 0 Å². The quantitative estimate of drug-likeness (QED) is 0.181. The molecule has 3 nitrogen and oxygen atoms in total. The smallest absolute Gasteiger partial charge is 0.164 e. The Morgan fingerprint density at radius 1 is 0.939 bits per heavy atom. The van der Waals surface area contributed by atoms with E-state index in [0.29, 0.717) is 0 Å². The fraction of sp³-hybridized carbons (Fsp3) is 0.379. The summed E-state index contributed by atoms with van der Waals surface area (Å²) in [4.78, 5) is 16.1. The van der Waals surface area contributed by atoms with Gasteiger partial charge in [-0.2, -0.15) is 0 Å². The summed E-state index contributed by atoms with van der Waals surface area (Å²) in [6.45, 7) is 17.4. The Hall–Kier alpha value is -2.29. The van der Waals surface area contributed by atoms with Crippen molar-refractivity contribution in [3.63, 3.8) is 0 Å². The Morgan fingerprint density at radius 2 is 1.55 bits per heavy atom. The van der Waals surface area contributed by atoms with Crippen molar-refractivity contribution in [1.29, 1.82) is 0 Å². The van der Waals surface area contributed by atoms with E-state index >= 15 is 0 Å². The van der Waals surface area contributed by atoms with Gasteiger partial charge in [-0.05, 0) is 23.4 Å². The number of allylic oxidation sites excluding steroid dienone is 2. The molecule has 0 bridgehead atoms. The van der Waals surface area contributed by atoms with Crippen LogP contribution in [0.15, 0.2) is 54.4 Å². The van der Waals surface area contributed by atoms with E-state index < -0.39 is 5.41 Å². The molecule has 1 N–H and O–H groups in total. The summed E-state index contributed by atoms with van der Waals surface area (Å²) < 4.78 is 0. The Bertz CT molecular complexity index is 1150. The number of aryl methyl sites for hydroxylation is 3. The largest absolute Gasteiger partial charge is 0.512 e. The second kappa shape index (κ2) is 11.2. The molecule has 1 heterocycles. The van der Waals surface area contributed by atoms with Gasteiger partial charge >= 0.3 is 0 Å². The van der Waals surface area contributed by atoms with E-state index in [9.17, 15) is 9.90 Å². The molecular formula is C29H36IrNO2-. The molecule has 0 saturated heterocycles. The molecular weight excluding hydrogens is 587 g/mol. The number of pyridine rings is 1. The summed E-state index contributed by atoms with van der Waals surface area (Å²) >= 11 is 0. The molecule has 0 aliphatic heterocycles. The molecule has 3 aromatic rings. The molecule has 4 heteroatoms. The molecule has 179 valence electrons. The SMILES string of the molecule is CC(C)(C)C(=O)/C=C(\O)C(C)(C)C.Cc1[c-]c(-c2ncc3ccccc3c2C)c(C)cc1.[Ir]. The topological polar surface area (TPSA) is 50.2 Å². The van der Waals surface area contributed by atoms with Crippen LogP contribution in [0.3, 0.4) is 0 Å². The van der Waals surface area contributed by atoms with Crippen LogP contribution in [-0.4, -0.2) is 15.9 Å². The number of nitrogens with zero attached hydrogens (tertiary/aromatic N) is 1. The summed E-state index contributed by atoms with van der Waals surface area (Å²) in [5.41, 5.74) is 4.98. The summed E-state index contributed by atoms with van der Waals surface area (Å²) in [5.74, 6) is 0.104. The maximum Gasteiger partial charge on any atom is 0.164 e. The minimum Gasteiger partial charge on any atom is -0.512 e. The number of hydrogen-bond acceptors (Lipinski definition) is 3. The van der Waals surface area contributed by atoms with Crippen molar-refractivity contribution >= 4 is 16.6 Å². The maximum atomic E-state index is 11.5. The molecule has 0 spiro atoms. The van der Waals surface area contributed by atoms with Crippen molar-refractivity contribution in [3.8, 4) is 11.3 Å². The van der Waals surface area contributed by atoms with Crippen molar-refractivity contribution < 1.29 is 30.0 Å². The summed E-state index contributed by atoms with van der Waals surface area (Å²) in [6.07, 6.45) is 3.28. The Kier molecular flexibility index (Phi) is 9.78. The first kappa shape index (κ1) is 28.7. The molecule has 0 saturated carbocycles. The van der Waals surface area contributed by atoms with E-state index in [1.165, 1.54) is 28.0 Å². The van der Waals surface area contributed by atoms with Gasteiger partial charge in [-0.15, -0.1) is 34.9 Å². The number of hydrogen-bond donors (Lipinski definition) is 1. The van der Waals surface area contributed by atoms with E-state index in [4.69, 9.17) is 0 Å². The predicted octanol–water partition coefficient (Wildman–Crippen LogP) is 7.71. The zero-order chi connectivity index (χ0) is 24.3. The van der Waals surface area contributed by atoms with Gasteiger partial charge in [0.05, 0.1) is 0 Å². The van der Waals surface area contributed by atoms with Gasteiger partial charge in [-0.25, -0.2) is 0 Å². The predicted molar refractivity (Wildman–Crippen MR) is 135 cm³/mol. The number of benzene rings is 2. The molecule has 0 aliphatic rings. The number of aliphatic hydroxyl groups excluding tert-OH is 1. The minimum atomic E-state index is -0.417. The number of carbonyl (C=O) groups excluding carboxylic acids is 1. The van der Waals surface area contributed by atoms with Gasteiger partial charge in [0.25, 0.3) is 0 Å². The second-order valence-electron chi connectivity index (χ2n) is 10.4. The van der Waals surface area contributed by atoms with E-state index in [2.05, 4.69) is 62.2 Å². The first-order valence-electron chi connectivity index (χ1n) is 11.0. The Morgan fingerprint density at radius 3 is 2.12 bits per heavy atom. The molecule has 0 unspecified atom stereocenters. The van der Waals surface area contributed by atoms with Crippen LogP contribution in [0.2, 0.25) is 0 Å². The molecule has 0 aliphatic carbocycles. The summed E-state index contributed by atoms with van der Waals surface area (Å²) in [6, 6.07) is 16.0. The third kappa shape index (κ3) is 7.62. The average molecular weight is 623 g/mol. The molecule has 33 heavy (non-hydrogen) atoms. The van der Waals surface area contributed by atoms with Crippen molar-refractivity contribution in [1.82, 2.24) is 4.98 Å². The zero-order valence-electron chi connectivity index (χ0n) is 21.3. The number of aromatic nitrogens is 1. The fourth-order valence-electron chi connectivity index (χ4n) is 3.04. The fourth-order valence-corrected chi connectivity index (χ4v) is 3.04. The zero-order valence-corrected chi connectivity index (χ0v) is 23.6. The van der Waals surface area contributed by atoms with E-state index in [0.717, 1.165) is 16.8 Å². The third-order valence-corrected chi connectivity index (χ3v) is 5.36. The molecule has 0 fully saturated rings. The van der Waals surface area contributed by atoms with Crippen LogP contribution in [0.1, 0.15) is 58.2 Å². The molecule has 1 aromatic heterocycles. The Balaban J connectivity index is 0.000000346. The molecule has 3 rings (SSSR count). The van der Waals surface area contributed by atoms with Crippen molar-refractivity contribution in [3.05, 3.63) is 77.2 Å². The van der Waals surface area contributed by atoms with Gasteiger partial charge in [0.15, 0.2) is 5.78 Å². The van der Waals surface area contributed by atoms with Crippen LogP contribution in [0.5, 0.6) is 0 Å². The first-order valence-corrected chi connectivity index (χ1v) is 11.0. The van der Waals surface area contributed by atoms with Gasteiger partial charge in [0, 0.05) is 43.2 Å². The van der Waals surface area contributed by atoms with Gasteiger partial charge < -0.3 is 10.1 Å². The normalized spacial score (nSPS) is 12.0. The van der Waals surface area contributed by atoms with Gasteiger partial charge in [-0.3, -0.25) is 4.79 Å². The number of carbonyl (C=O) groups is 1. The van der Waals surface area contributed by atoms with Gasteiger partial charge in [0.1, 0.15) is 5.76 Å². The average Bonchev–Trinajstić information content (AvgIpc) is 2.69.